The van der Waals surface area contributed by atoms with Crippen molar-refractivity contribution in [2.24, 2.45) is 5.10 Å². The highest BCUT2D eigenvalue weighted by Crippen LogP contribution is 2.32. The van der Waals surface area contributed by atoms with E-state index in [0.29, 0.717) is 41.9 Å². The van der Waals surface area contributed by atoms with Crippen molar-refractivity contribution < 1.29 is 28.2 Å². The smallest absolute Gasteiger partial charge is 0.305 e. The molecule has 1 heterocycles. The zero-order chi connectivity index (χ0) is 26.7. The van der Waals surface area contributed by atoms with E-state index in [2.05, 4.69) is 21.4 Å². The summed E-state index contributed by atoms with van der Waals surface area (Å²) in [6.45, 7) is 1.62. The van der Waals surface area contributed by atoms with Gasteiger partial charge in [-0.2, -0.15) is 5.10 Å². The number of anilines is 1. The van der Waals surface area contributed by atoms with E-state index in [9.17, 15) is 34.2 Å². The number of nitro benzene ring substituents is 2. The Morgan fingerprint density at radius 3 is 2.46 bits per heavy atom. The van der Waals surface area contributed by atoms with Crippen molar-refractivity contribution in [2.45, 2.75) is 26.2 Å². The maximum Gasteiger partial charge on any atom is 0.305 e. The molecule has 0 saturated carbocycles. The minimum Gasteiger partial charge on any atom is -0.455 e. The number of benzene rings is 2. The Labute approximate surface area is 207 Å². The summed E-state index contributed by atoms with van der Waals surface area (Å²) < 4.78 is 19.5. The molecule has 13 nitrogen and oxygen atoms in total. The molecular formula is C23H19FN6O7. The van der Waals surface area contributed by atoms with Gasteiger partial charge in [0.1, 0.15) is 17.3 Å². The highest BCUT2D eigenvalue weighted by atomic mass is 19.1. The van der Waals surface area contributed by atoms with Gasteiger partial charge in [0.05, 0.1) is 27.2 Å². The van der Waals surface area contributed by atoms with Crippen LogP contribution < -0.4 is 16.3 Å². The van der Waals surface area contributed by atoms with Crippen LogP contribution in [0, 0.1) is 33.0 Å². The number of amides is 2. The van der Waals surface area contributed by atoms with E-state index in [0.717, 1.165) is 18.2 Å². The maximum absolute atomic E-state index is 13.8. The van der Waals surface area contributed by atoms with Crippen LogP contribution in [0.2, 0.25) is 0 Å². The number of aryl methyl sites for hydroxylation is 1. The molecule has 0 aliphatic heterocycles. The van der Waals surface area contributed by atoms with Crippen molar-refractivity contribution in [1.29, 1.82) is 0 Å². The summed E-state index contributed by atoms with van der Waals surface area (Å²) in [6.07, 6.45) is 1.59. The fourth-order valence-electron chi connectivity index (χ4n) is 3.89. The van der Waals surface area contributed by atoms with Crippen LogP contribution in [0.4, 0.5) is 21.5 Å². The van der Waals surface area contributed by atoms with Crippen LogP contribution in [0.15, 0.2) is 52.0 Å². The van der Waals surface area contributed by atoms with Gasteiger partial charge >= 0.3 is 11.6 Å². The van der Waals surface area contributed by atoms with Crippen LogP contribution in [-0.2, 0) is 6.42 Å². The van der Waals surface area contributed by atoms with Crippen LogP contribution in [0.3, 0.4) is 0 Å². The molecule has 0 bridgehead atoms. The van der Waals surface area contributed by atoms with Gasteiger partial charge in [0.15, 0.2) is 5.76 Å². The van der Waals surface area contributed by atoms with E-state index in [1.807, 2.05) is 0 Å². The van der Waals surface area contributed by atoms with E-state index >= 15 is 0 Å². The average Bonchev–Trinajstić information content (AvgIpc) is 3.22. The molecular weight excluding hydrogens is 491 g/mol. The van der Waals surface area contributed by atoms with Gasteiger partial charge in [0, 0.05) is 23.6 Å². The molecule has 0 fully saturated rings. The fourth-order valence-corrected chi connectivity index (χ4v) is 3.89. The molecule has 37 heavy (non-hydrogen) atoms. The van der Waals surface area contributed by atoms with Crippen molar-refractivity contribution in [3.63, 3.8) is 0 Å². The third-order valence-corrected chi connectivity index (χ3v) is 5.64. The summed E-state index contributed by atoms with van der Waals surface area (Å²) >= 11 is 0. The first-order chi connectivity index (χ1) is 17.7. The number of rotatable bonds is 6. The molecule has 3 N–H and O–H groups in total. The minimum atomic E-state index is -0.850. The predicted octanol–water partition coefficient (Wildman–Crippen LogP) is 3.77. The number of nitro groups is 2. The van der Waals surface area contributed by atoms with Gasteiger partial charge in [0.2, 0.25) is 0 Å². The molecule has 4 rings (SSSR count). The Morgan fingerprint density at radius 2 is 1.76 bits per heavy atom. The number of nitrogens with one attached hydrogen (secondary N) is 3. The van der Waals surface area contributed by atoms with Gasteiger partial charge in [0.25, 0.3) is 11.6 Å². The number of hydrogen-bond donors (Lipinski definition) is 3. The van der Waals surface area contributed by atoms with Gasteiger partial charge < -0.3 is 4.42 Å². The van der Waals surface area contributed by atoms with Gasteiger partial charge in [-0.25, -0.2) is 4.39 Å². The molecule has 2 aromatic carbocycles. The van der Waals surface area contributed by atoms with Gasteiger partial charge in [-0.05, 0) is 38.0 Å². The van der Waals surface area contributed by atoms with Crippen molar-refractivity contribution >= 4 is 34.6 Å². The Morgan fingerprint density at radius 1 is 1.03 bits per heavy atom. The van der Waals surface area contributed by atoms with Crippen LogP contribution in [0.1, 0.15) is 50.6 Å². The van der Waals surface area contributed by atoms with Crippen LogP contribution in [0.5, 0.6) is 0 Å². The van der Waals surface area contributed by atoms with Crippen LogP contribution >= 0.6 is 0 Å². The lowest BCUT2D eigenvalue weighted by Gasteiger charge is -2.13. The summed E-state index contributed by atoms with van der Waals surface area (Å²) in [7, 11) is 0. The largest absolute Gasteiger partial charge is 0.455 e. The molecule has 0 saturated heterocycles. The van der Waals surface area contributed by atoms with E-state index in [1.165, 1.54) is 24.3 Å². The van der Waals surface area contributed by atoms with Crippen LogP contribution in [0.25, 0.3) is 0 Å². The summed E-state index contributed by atoms with van der Waals surface area (Å²) in [4.78, 5) is 45.7. The number of carbonyl (C=O) groups excluding carboxylic acids is 2. The molecule has 1 aromatic heterocycles. The van der Waals surface area contributed by atoms with Gasteiger partial charge in [-0.1, -0.05) is 12.1 Å². The molecule has 1 aliphatic rings. The number of nitrogens with zero attached hydrogens (tertiary/aromatic N) is 3. The topological polar surface area (TPSA) is 182 Å². The zero-order valence-electron chi connectivity index (χ0n) is 19.2. The quantitative estimate of drug-likeness (QED) is 0.331. The second kappa shape index (κ2) is 10.2. The third-order valence-electron chi connectivity index (χ3n) is 5.64. The van der Waals surface area contributed by atoms with E-state index in [4.69, 9.17) is 4.42 Å². The number of fused-ring (bicyclic) bond motifs is 1. The number of carbonyl (C=O) groups is 2. The average molecular weight is 510 g/mol. The number of halogens is 1. The van der Waals surface area contributed by atoms with Crippen LogP contribution in [-0.4, -0.2) is 27.4 Å². The van der Waals surface area contributed by atoms with E-state index in [1.54, 1.807) is 6.92 Å². The maximum atomic E-state index is 13.8. The lowest BCUT2D eigenvalue weighted by molar-refractivity contribution is -0.393. The predicted molar refractivity (Wildman–Crippen MR) is 128 cm³/mol. The molecule has 0 spiro atoms. The summed E-state index contributed by atoms with van der Waals surface area (Å²) in [5.74, 6) is -1.99. The Bertz CT molecular complexity index is 1470. The third kappa shape index (κ3) is 5.12. The molecule has 0 radical (unpaired) electrons. The molecule has 14 heteroatoms. The normalized spacial score (nSPS) is 13.5. The molecule has 3 aromatic rings. The number of non-ortho nitro benzene ring substituents is 1. The summed E-state index contributed by atoms with van der Waals surface area (Å²) in [6, 6.07) is 8.41. The molecule has 2 amide bonds. The highest BCUT2D eigenvalue weighted by Gasteiger charge is 2.29. The van der Waals surface area contributed by atoms with Crippen molar-refractivity contribution in [1.82, 2.24) is 10.9 Å². The van der Waals surface area contributed by atoms with Gasteiger partial charge in [-0.15, -0.1) is 0 Å². The first-order valence-corrected chi connectivity index (χ1v) is 10.9. The zero-order valence-corrected chi connectivity index (χ0v) is 19.2. The first-order valence-electron chi connectivity index (χ1n) is 10.9. The second-order valence-corrected chi connectivity index (χ2v) is 7.98. The lowest BCUT2D eigenvalue weighted by Crippen LogP contribution is -2.42. The number of hydrazine groups is 1. The Kier molecular flexibility index (Phi) is 6.90. The second-order valence-electron chi connectivity index (χ2n) is 7.98. The Balaban J connectivity index is 1.55. The number of furan rings is 1. The van der Waals surface area contributed by atoms with Crippen molar-refractivity contribution in [2.75, 3.05) is 5.43 Å². The van der Waals surface area contributed by atoms with E-state index in [-0.39, 0.29) is 17.0 Å². The van der Waals surface area contributed by atoms with Crippen molar-refractivity contribution in [3.8, 4) is 0 Å². The number of hydrazone groups is 1. The monoisotopic (exact) mass is 510 g/mol. The first kappa shape index (κ1) is 25.0. The summed E-state index contributed by atoms with van der Waals surface area (Å²) in [5, 5.41) is 26.6. The Hall–Kier alpha value is -5.14. The molecule has 190 valence electrons. The van der Waals surface area contributed by atoms with E-state index < -0.39 is 38.9 Å². The molecule has 0 atom stereocenters. The fraction of sp³-hybridized carbons (Fsp3) is 0.174. The molecule has 1 aliphatic carbocycles. The number of hydrogen-bond acceptors (Lipinski definition) is 9. The summed E-state index contributed by atoms with van der Waals surface area (Å²) in [5.41, 5.74) is 7.09. The highest BCUT2D eigenvalue weighted by molar-refractivity contribution is 6.07. The minimum absolute atomic E-state index is 0.0507. The van der Waals surface area contributed by atoms with Gasteiger partial charge in [-0.3, -0.25) is 46.1 Å². The molecule has 0 unspecified atom stereocenters. The lowest BCUT2D eigenvalue weighted by atomic mass is 9.93. The standard InChI is InChI=1S/C23H19FN6O7/c1-12-20-17(26-25-16-10-9-13(29(33)34)11-18(16)30(35)36)7-4-8-19(20)37-21(12)23(32)28-27-22(31)14-5-2-3-6-15(14)24/h2-3,5-6,9-11,25H,4,7-8H2,1H3,(H,27,31)(H,28,32)/b26-17+. The SMILES string of the molecule is Cc1c(C(=O)NNC(=O)c2ccccc2F)oc2c1/C(=N/Nc1ccc([N+](=O)[O-])cc1[N+](=O)[O-])CCC2. The van der Waals surface area contributed by atoms with Crippen molar-refractivity contribution in [3.05, 3.63) is 96.7 Å².